The molecule has 1 saturated heterocycles. The summed E-state index contributed by atoms with van der Waals surface area (Å²) in [5.41, 5.74) is 1.04. The Morgan fingerprint density at radius 1 is 1.37 bits per heavy atom. The lowest BCUT2D eigenvalue weighted by molar-refractivity contribution is 0.0420. The molecule has 1 aliphatic rings. The second kappa shape index (κ2) is 14.0. The lowest BCUT2D eigenvalue weighted by Gasteiger charge is -2.13. The van der Waals surface area contributed by atoms with Gasteiger partial charge >= 0.3 is 0 Å². The number of halogens is 1. The van der Waals surface area contributed by atoms with E-state index in [4.69, 9.17) is 14.2 Å². The number of nitrogens with one attached hydrogen (secondary N) is 2. The predicted molar refractivity (Wildman–Crippen MR) is 118 cm³/mol. The number of nitrogens with zero attached hydrogens (tertiary/aromatic N) is 2. The molecule has 1 fully saturated rings. The third-order valence-electron chi connectivity index (χ3n) is 3.77. The largest absolute Gasteiger partial charge is 0.475 e. The smallest absolute Gasteiger partial charge is 0.213 e. The molecule has 1 atom stereocenters. The lowest BCUT2D eigenvalue weighted by Crippen LogP contribution is -2.38. The van der Waals surface area contributed by atoms with Crippen molar-refractivity contribution in [2.45, 2.75) is 52.4 Å². The molecule has 1 aromatic heterocycles. The van der Waals surface area contributed by atoms with Gasteiger partial charge in [-0.15, -0.1) is 24.0 Å². The number of ether oxygens (including phenoxy) is 3. The van der Waals surface area contributed by atoms with Crippen LogP contribution in [0.2, 0.25) is 0 Å². The van der Waals surface area contributed by atoms with Gasteiger partial charge in [0.05, 0.1) is 25.4 Å². The van der Waals surface area contributed by atoms with Crippen LogP contribution >= 0.6 is 24.0 Å². The van der Waals surface area contributed by atoms with E-state index in [0.717, 1.165) is 57.3 Å². The highest BCUT2D eigenvalue weighted by Gasteiger charge is 2.15. The summed E-state index contributed by atoms with van der Waals surface area (Å²) in [4.78, 5) is 8.91. The Balaban J connectivity index is 0.00000364. The highest BCUT2D eigenvalue weighted by Crippen LogP contribution is 2.10. The van der Waals surface area contributed by atoms with Crippen LogP contribution in [0.4, 0.5) is 0 Å². The van der Waals surface area contributed by atoms with Gasteiger partial charge in [-0.2, -0.15) is 0 Å². The molecule has 0 aliphatic carbocycles. The van der Waals surface area contributed by atoms with E-state index in [1.54, 1.807) is 0 Å². The van der Waals surface area contributed by atoms with Crippen molar-refractivity contribution in [2.75, 3.05) is 32.9 Å². The SMILES string of the molecule is CCNC(=NCc1ccc(OC(C)C)nc1)NCCCOC1CCOC1.I. The van der Waals surface area contributed by atoms with E-state index in [0.29, 0.717) is 12.4 Å². The molecule has 1 unspecified atom stereocenters. The molecule has 2 N–H and O–H groups in total. The van der Waals surface area contributed by atoms with Gasteiger partial charge in [0.1, 0.15) is 0 Å². The van der Waals surface area contributed by atoms with Crippen LogP contribution in [-0.2, 0) is 16.0 Å². The number of guanidine groups is 1. The average Bonchev–Trinajstić information content (AvgIpc) is 3.13. The summed E-state index contributed by atoms with van der Waals surface area (Å²) in [6, 6.07) is 3.88. The zero-order valence-corrected chi connectivity index (χ0v) is 18.9. The van der Waals surface area contributed by atoms with Crippen LogP contribution in [0.1, 0.15) is 39.2 Å². The van der Waals surface area contributed by atoms with Crippen LogP contribution in [0.25, 0.3) is 0 Å². The summed E-state index contributed by atoms with van der Waals surface area (Å²) in [7, 11) is 0. The fourth-order valence-corrected chi connectivity index (χ4v) is 2.50. The zero-order chi connectivity index (χ0) is 18.6. The van der Waals surface area contributed by atoms with Gasteiger partial charge in [0, 0.05) is 38.6 Å². The van der Waals surface area contributed by atoms with Crippen LogP contribution in [0.5, 0.6) is 5.88 Å². The van der Waals surface area contributed by atoms with E-state index < -0.39 is 0 Å². The Morgan fingerprint density at radius 3 is 2.85 bits per heavy atom. The molecule has 8 heteroatoms. The van der Waals surface area contributed by atoms with E-state index in [2.05, 4.69) is 27.5 Å². The van der Waals surface area contributed by atoms with Gasteiger partial charge in [-0.1, -0.05) is 6.07 Å². The van der Waals surface area contributed by atoms with Crippen molar-refractivity contribution in [1.82, 2.24) is 15.6 Å². The first-order valence-corrected chi connectivity index (χ1v) is 9.50. The molecule has 154 valence electrons. The van der Waals surface area contributed by atoms with Gasteiger partial charge in [0.25, 0.3) is 0 Å². The molecule has 7 nitrogen and oxygen atoms in total. The van der Waals surface area contributed by atoms with Crippen LogP contribution in [0, 0.1) is 0 Å². The van der Waals surface area contributed by atoms with Crippen molar-refractivity contribution >= 4 is 29.9 Å². The number of rotatable bonds is 10. The predicted octanol–water partition coefficient (Wildman–Crippen LogP) is 2.74. The highest BCUT2D eigenvalue weighted by atomic mass is 127. The van der Waals surface area contributed by atoms with E-state index in [1.165, 1.54) is 0 Å². The number of hydrogen-bond acceptors (Lipinski definition) is 5. The minimum atomic E-state index is 0. The van der Waals surface area contributed by atoms with Crippen LogP contribution in [-0.4, -0.2) is 56.1 Å². The van der Waals surface area contributed by atoms with Crippen LogP contribution < -0.4 is 15.4 Å². The maximum atomic E-state index is 5.77. The molecule has 0 saturated carbocycles. The molecule has 0 amide bonds. The number of aromatic nitrogens is 1. The summed E-state index contributed by atoms with van der Waals surface area (Å²) >= 11 is 0. The third kappa shape index (κ3) is 10.1. The molecule has 27 heavy (non-hydrogen) atoms. The molecule has 0 aromatic carbocycles. The maximum absolute atomic E-state index is 5.77. The van der Waals surface area contributed by atoms with Crippen molar-refractivity contribution in [1.29, 1.82) is 0 Å². The summed E-state index contributed by atoms with van der Waals surface area (Å²) in [6.07, 6.45) is 4.15. The molecular formula is C19H33IN4O3. The monoisotopic (exact) mass is 492 g/mol. The Kier molecular flexibility index (Phi) is 12.4. The van der Waals surface area contributed by atoms with E-state index in [9.17, 15) is 0 Å². The van der Waals surface area contributed by atoms with E-state index >= 15 is 0 Å². The second-order valence-corrected chi connectivity index (χ2v) is 6.50. The van der Waals surface area contributed by atoms with Crippen LogP contribution in [0.15, 0.2) is 23.3 Å². The first kappa shape index (κ1) is 23.9. The molecule has 2 rings (SSSR count). The molecule has 2 heterocycles. The summed E-state index contributed by atoms with van der Waals surface area (Å²) in [6.45, 7) is 10.5. The average molecular weight is 492 g/mol. The van der Waals surface area contributed by atoms with Gasteiger partial charge in [0.2, 0.25) is 5.88 Å². The first-order valence-electron chi connectivity index (χ1n) is 9.50. The summed E-state index contributed by atoms with van der Waals surface area (Å²) in [5.74, 6) is 1.45. The summed E-state index contributed by atoms with van der Waals surface area (Å²) < 4.78 is 16.6. The van der Waals surface area contributed by atoms with Crippen molar-refractivity contribution < 1.29 is 14.2 Å². The number of hydrogen-bond donors (Lipinski definition) is 2. The molecule has 0 bridgehead atoms. The topological polar surface area (TPSA) is 77.0 Å². The van der Waals surface area contributed by atoms with E-state index in [-0.39, 0.29) is 36.2 Å². The Labute approximate surface area is 179 Å². The summed E-state index contributed by atoms with van der Waals surface area (Å²) in [5, 5.41) is 6.59. The molecule has 1 aromatic rings. The Hall–Kier alpha value is -1.13. The van der Waals surface area contributed by atoms with Crippen molar-refractivity contribution in [3.8, 4) is 5.88 Å². The van der Waals surface area contributed by atoms with Crippen LogP contribution in [0.3, 0.4) is 0 Å². The minimum Gasteiger partial charge on any atom is -0.475 e. The minimum absolute atomic E-state index is 0. The quantitative estimate of drug-likeness (QED) is 0.227. The molecule has 0 radical (unpaired) electrons. The fourth-order valence-electron chi connectivity index (χ4n) is 2.50. The van der Waals surface area contributed by atoms with Crippen molar-refractivity contribution in [2.24, 2.45) is 4.99 Å². The number of aliphatic imine (C=N–C) groups is 1. The van der Waals surface area contributed by atoms with Gasteiger partial charge in [-0.05, 0) is 39.2 Å². The van der Waals surface area contributed by atoms with Gasteiger partial charge in [0.15, 0.2) is 5.96 Å². The highest BCUT2D eigenvalue weighted by molar-refractivity contribution is 14.0. The molecule has 0 spiro atoms. The maximum Gasteiger partial charge on any atom is 0.213 e. The van der Waals surface area contributed by atoms with Crippen molar-refractivity contribution in [3.05, 3.63) is 23.9 Å². The molecule has 1 aliphatic heterocycles. The van der Waals surface area contributed by atoms with Gasteiger partial charge in [-0.3, -0.25) is 0 Å². The standard InChI is InChI=1S/C19H32N4O3.HI/c1-4-20-19(21-9-5-10-25-17-8-11-24-14-17)23-13-16-6-7-18(22-12-16)26-15(2)3;/h6-7,12,15,17H,4-5,8-11,13-14H2,1-3H3,(H2,20,21,23);1H. The third-order valence-corrected chi connectivity index (χ3v) is 3.77. The van der Waals surface area contributed by atoms with Gasteiger partial charge < -0.3 is 24.8 Å². The van der Waals surface area contributed by atoms with Gasteiger partial charge in [-0.25, -0.2) is 9.98 Å². The zero-order valence-electron chi connectivity index (χ0n) is 16.6. The fraction of sp³-hybridized carbons (Fsp3) is 0.684. The Bertz CT molecular complexity index is 534. The van der Waals surface area contributed by atoms with Crippen molar-refractivity contribution in [3.63, 3.8) is 0 Å². The lowest BCUT2D eigenvalue weighted by atomic mass is 10.3. The Morgan fingerprint density at radius 2 is 2.22 bits per heavy atom. The second-order valence-electron chi connectivity index (χ2n) is 6.50. The van der Waals surface area contributed by atoms with E-state index in [1.807, 2.05) is 32.2 Å². The first-order chi connectivity index (χ1) is 12.7. The molecular weight excluding hydrogens is 459 g/mol. The normalized spacial score (nSPS) is 16.9. The number of pyridine rings is 1.